The minimum atomic E-state index is -1.15. The Morgan fingerprint density at radius 1 is 1.35 bits per heavy atom. The molecule has 0 spiro atoms. The molecule has 6 heteroatoms. The van der Waals surface area contributed by atoms with E-state index < -0.39 is 17.9 Å². The molecule has 0 aliphatic heterocycles. The van der Waals surface area contributed by atoms with E-state index in [9.17, 15) is 14.4 Å². The number of primary amides is 1. The molecule has 1 aliphatic carbocycles. The summed E-state index contributed by atoms with van der Waals surface area (Å²) in [5.41, 5.74) is 4.94. The maximum absolute atomic E-state index is 11.7. The Hall–Kier alpha value is -1.85. The fourth-order valence-corrected chi connectivity index (χ4v) is 1.66. The predicted molar refractivity (Wildman–Crippen MR) is 59.9 cm³/mol. The topological polar surface area (TPSA) is 109 Å². The van der Waals surface area contributed by atoms with Crippen molar-refractivity contribution in [2.45, 2.75) is 31.7 Å². The van der Waals surface area contributed by atoms with Gasteiger partial charge in [0.15, 0.2) is 0 Å². The number of carbonyl (C=O) groups excluding carboxylic acids is 2. The van der Waals surface area contributed by atoms with Crippen molar-refractivity contribution in [1.29, 1.82) is 0 Å². The molecule has 94 valence electrons. The number of hydrogen-bond acceptors (Lipinski definition) is 3. The summed E-state index contributed by atoms with van der Waals surface area (Å²) in [4.78, 5) is 33.1. The smallest absolute Gasteiger partial charge is 0.326 e. The molecule has 0 heterocycles. The number of carboxylic acid groups (broad SMARTS) is 1. The highest BCUT2D eigenvalue weighted by Crippen LogP contribution is 2.18. The van der Waals surface area contributed by atoms with Crippen LogP contribution in [0, 0.1) is 5.92 Å². The summed E-state index contributed by atoms with van der Waals surface area (Å²) in [5.74, 6) is -2.20. The SMILES string of the molecule is NC(=O)CCC(NC(=O)C1CC=CC1)C(=O)O. The van der Waals surface area contributed by atoms with E-state index in [0.29, 0.717) is 12.8 Å². The van der Waals surface area contributed by atoms with E-state index in [-0.39, 0.29) is 24.7 Å². The van der Waals surface area contributed by atoms with Crippen molar-refractivity contribution < 1.29 is 19.5 Å². The van der Waals surface area contributed by atoms with Crippen LogP contribution in [0.1, 0.15) is 25.7 Å². The largest absolute Gasteiger partial charge is 0.480 e. The van der Waals surface area contributed by atoms with Crippen LogP contribution in [0.15, 0.2) is 12.2 Å². The lowest BCUT2D eigenvalue weighted by atomic mass is 10.0. The molecule has 0 saturated carbocycles. The van der Waals surface area contributed by atoms with Gasteiger partial charge in [-0.15, -0.1) is 0 Å². The second-order valence-corrected chi connectivity index (χ2v) is 4.04. The number of carbonyl (C=O) groups is 3. The summed E-state index contributed by atoms with van der Waals surface area (Å²) >= 11 is 0. The van der Waals surface area contributed by atoms with Crippen LogP contribution in [0.4, 0.5) is 0 Å². The first-order valence-corrected chi connectivity index (χ1v) is 5.47. The van der Waals surface area contributed by atoms with Crippen LogP contribution < -0.4 is 11.1 Å². The number of rotatable bonds is 6. The van der Waals surface area contributed by atoms with Crippen molar-refractivity contribution in [3.63, 3.8) is 0 Å². The molecule has 1 unspecified atom stereocenters. The zero-order valence-electron chi connectivity index (χ0n) is 9.39. The van der Waals surface area contributed by atoms with Crippen molar-refractivity contribution >= 4 is 17.8 Å². The van der Waals surface area contributed by atoms with Crippen LogP contribution in [0.25, 0.3) is 0 Å². The van der Waals surface area contributed by atoms with E-state index in [1.807, 2.05) is 12.2 Å². The number of nitrogens with two attached hydrogens (primary N) is 1. The normalized spacial score (nSPS) is 16.7. The van der Waals surface area contributed by atoms with Crippen LogP contribution in [-0.4, -0.2) is 28.9 Å². The van der Waals surface area contributed by atoms with Crippen LogP contribution in [0.2, 0.25) is 0 Å². The number of carboxylic acids is 1. The quantitative estimate of drug-likeness (QED) is 0.558. The molecule has 6 nitrogen and oxygen atoms in total. The maximum atomic E-state index is 11.7. The first kappa shape index (κ1) is 13.2. The van der Waals surface area contributed by atoms with Gasteiger partial charge in [0.1, 0.15) is 6.04 Å². The summed E-state index contributed by atoms with van der Waals surface area (Å²) < 4.78 is 0. The summed E-state index contributed by atoms with van der Waals surface area (Å²) in [6.07, 6.45) is 5.02. The second-order valence-electron chi connectivity index (χ2n) is 4.04. The molecule has 17 heavy (non-hydrogen) atoms. The number of hydrogen-bond donors (Lipinski definition) is 3. The second kappa shape index (κ2) is 6.03. The van der Waals surface area contributed by atoms with Crippen LogP contribution >= 0.6 is 0 Å². The van der Waals surface area contributed by atoms with Gasteiger partial charge in [0.25, 0.3) is 0 Å². The van der Waals surface area contributed by atoms with Crippen molar-refractivity contribution in [3.05, 3.63) is 12.2 Å². The first-order valence-electron chi connectivity index (χ1n) is 5.47. The van der Waals surface area contributed by atoms with Gasteiger partial charge in [-0.1, -0.05) is 12.2 Å². The molecule has 0 fully saturated rings. The molecule has 0 aromatic rings. The standard InChI is InChI=1S/C11H16N2O4/c12-9(14)6-5-8(11(16)17)13-10(15)7-3-1-2-4-7/h1-2,7-8H,3-6H2,(H2,12,14)(H,13,15)(H,16,17). The van der Waals surface area contributed by atoms with Gasteiger partial charge >= 0.3 is 5.97 Å². The highest BCUT2D eigenvalue weighted by molar-refractivity contribution is 5.86. The highest BCUT2D eigenvalue weighted by Gasteiger charge is 2.25. The fourth-order valence-electron chi connectivity index (χ4n) is 1.66. The van der Waals surface area contributed by atoms with Crippen molar-refractivity contribution in [2.24, 2.45) is 11.7 Å². The van der Waals surface area contributed by atoms with Gasteiger partial charge in [-0.05, 0) is 19.3 Å². The maximum Gasteiger partial charge on any atom is 0.326 e. The molecule has 0 bridgehead atoms. The molecule has 4 N–H and O–H groups in total. The van der Waals surface area contributed by atoms with E-state index in [4.69, 9.17) is 10.8 Å². The van der Waals surface area contributed by atoms with Gasteiger partial charge in [-0.25, -0.2) is 4.79 Å². The van der Waals surface area contributed by atoms with E-state index in [1.165, 1.54) is 0 Å². The fraction of sp³-hybridized carbons (Fsp3) is 0.545. The van der Waals surface area contributed by atoms with Gasteiger partial charge in [0.2, 0.25) is 11.8 Å². The third-order valence-electron chi connectivity index (χ3n) is 2.67. The lowest BCUT2D eigenvalue weighted by Crippen LogP contribution is -2.43. The number of amides is 2. The molecular formula is C11H16N2O4. The lowest BCUT2D eigenvalue weighted by molar-refractivity contribution is -0.142. The minimum Gasteiger partial charge on any atom is -0.480 e. The average molecular weight is 240 g/mol. The van der Waals surface area contributed by atoms with E-state index >= 15 is 0 Å². The summed E-state index contributed by atoms with van der Waals surface area (Å²) in [5, 5.41) is 11.3. The zero-order chi connectivity index (χ0) is 12.8. The van der Waals surface area contributed by atoms with E-state index in [2.05, 4.69) is 5.32 Å². The Balaban J connectivity index is 2.45. The first-order chi connectivity index (χ1) is 8.00. The minimum absolute atomic E-state index is 0.0244. The summed E-state index contributed by atoms with van der Waals surface area (Å²) in [6, 6.07) is -1.05. The monoisotopic (exact) mass is 240 g/mol. The third kappa shape index (κ3) is 4.26. The summed E-state index contributed by atoms with van der Waals surface area (Å²) in [6.45, 7) is 0. The Bertz CT molecular complexity index is 343. The van der Waals surface area contributed by atoms with Crippen LogP contribution in [0.5, 0.6) is 0 Å². The van der Waals surface area contributed by atoms with Gasteiger partial charge in [-0.3, -0.25) is 9.59 Å². The molecule has 0 radical (unpaired) electrons. The molecule has 2 amide bonds. The van der Waals surface area contributed by atoms with E-state index in [0.717, 1.165) is 0 Å². The van der Waals surface area contributed by atoms with Gasteiger partial charge < -0.3 is 16.2 Å². The molecule has 0 aromatic carbocycles. The Labute approximate surface area is 98.9 Å². The molecular weight excluding hydrogens is 224 g/mol. The Morgan fingerprint density at radius 3 is 2.41 bits per heavy atom. The molecule has 1 rings (SSSR count). The average Bonchev–Trinajstić information content (AvgIpc) is 2.76. The van der Waals surface area contributed by atoms with Crippen molar-refractivity contribution in [1.82, 2.24) is 5.32 Å². The molecule has 0 saturated heterocycles. The van der Waals surface area contributed by atoms with Crippen molar-refractivity contribution in [3.8, 4) is 0 Å². The van der Waals surface area contributed by atoms with E-state index in [1.54, 1.807) is 0 Å². The predicted octanol–water partition coefficient (Wildman–Crippen LogP) is -0.213. The van der Waals surface area contributed by atoms with Crippen molar-refractivity contribution in [2.75, 3.05) is 0 Å². The van der Waals surface area contributed by atoms with Gasteiger partial charge in [-0.2, -0.15) is 0 Å². The van der Waals surface area contributed by atoms with Crippen LogP contribution in [0.3, 0.4) is 0 Å². The molecule has 1 aliphatic rings. The lowest BCUT2D eigenvalue weighted by Gasteiger charge is -2.16. The Morgan fingerprint density at radius 2 is 1.94 bits per heavy atom. The summed E-state index contributed by atoms with van der Waals surface area (Å²) in [7, 11) is 0. The Kier molecular flexibility index (Phi) is 4.68. The molecule has 0 aromatic heterocycles. The van der Waals surface area contributed by atoms with Gasteiger partial charge in [0.05, 0.1) is 0 Å². The number of allylic oxidation sites excluding steroid dienone is 2. The van der Waals surface area contributed by atoms with Crippen LogP contribution in [-0.2, 0) is 14.4 Å². The zero-order valence-corrected chi connectivity index (χ0v) is 9.39. The van der Waals surface area contributed by atoms with Gasteiger partial charge in [0, 0.05) is 12.3 Å². The molecule has 1 atom stereocenters. The number of nitrogens with one attached hydrogen (secondary N) is 1. The third-order valence-corrected chi connectivity index (χ3v) is 2.67. The number of aliphatic carboxylic acids is 1. The highest BCUT2D eigenvalue weighted by atomic mass is 16.4.